The maximum Gasteiger partial charge on any atom is 0.138 e. The molecule has 0 aliphatic heterocycles. The van der Waals surface area contributed by atoms with Crippen LogP contribution in [0.4, 0.5) is 0 Å². The SMILES string of the molecule is COc1ccc(-c2noc(C)c2C2C=CC(CS)=CC2)cc1. The number of methoxy groups -OCH3 is 1. The molecular formula is C18H19NO2S. The Balaban J connectivity index is 1.94. The highest BCUT2D eigenvalue weighted by atomic mass is 32.1. The van der Waals surface area contributed by atoms with Crippen molar-refractivity contribution in [2.24, 2.45) is 0 Å². The Morgan fingerprint density at radius 1 is 1.32 bits per heavy atom. The maximum absolute atomic E-state index is 5.46. The van der Waals surface area contributed by atoms with E-state index in [1.807, 2.05) is 31.2 Å². The van der Waals surface area contributed by atoms with Crippen molar-refractivity contribution in [1.82, 2.24) is 5.16 Å². The zero-order valence-corrected chi connectivity index (χ0v) is 13.6. The summed E-state index contributed by atoms with van der Waals surface area (Å²) >= 11 is 4.32. The van der Waals surface area contributed by atoms with Gasteiger partial charge in [-0.15, -0.1) is 0 Å². The molecule has 2 aromatic rings. The summed E-state index contributed by atoms with van der Waals surface area (Å²) in [5.74, 6) is 2.79. The molecule has 22 heavy (non-hydrogen) atoms. The molecule has 1 aliphatic rings. The number of hydrogen-bond acceptors (Lipinski definition) is 4. The molecule has 1 unspecified atom stereocenters. The van der Waals surface area contributed by atoms with Crippen molar-refractivity contribution in [2.45, 2.75) is 19.3 Å². The Hall–Kier alpha value is -1.94. The Labute approximate surface area is 136 Å². The molecule has 0 N–H and O–H groups in total. The number of allylic oxidation sites excluding steroid dienone is 3. The van der Waals surface area contributed by atoms with Gasteiger partial charge in [-0.1, -0.05) is 23.4 Å². The van der Waals surface area contributed by atoms with Crippen molar-refractivity contribution in [1.29, 1.82) is 0 Å². The van der Waals surface area contributed by atoms with Gasteiger partial charge in [0.2, 0.25) is 0 Å². The lowest BCUT2D eigenvalue weighted by Gasteiger charge is -2.16. The van der Waals surface area contributed by atoms with E-state index in [1.165, 1.54) is 5.57 Å². The molecule has 1 atom stereocenters. The van der Waals surface area contributed by atoms with Gasteiger partial charge in [0.15, 0.2) is 0 Å². The van der Waals surface area contributed by atoms with Crippen LogP contribution in [0.3, 0.4) is 0 Å². The molecule has 0 fully saturated rings. The van der Waals surface area contributed by atoms with E-state index in [0.29, 0.717) is 5.92 Å². The molecular weight excluding hydrogens is 294 g/mol. The van der Waals surface area contributed by atoms with Crippen molar-refractivity contribution in [3.05, 3.63) is 59.4 Å². The standard InChI is InChI=1S/C18H19NO2S/c1-12-17(14-5-3-13(11-22)4-6-14)18(19-21-12)15-7-9-16(20-2)10-8-15/h3-5,7-10,14,22H,6,11H2,1-2H3. The van der Waals surface area contributed by atoms with Gasteiger partial charge in [-0.3, -0.25) is 0 Å². The van der Waals surface area contributed by atoms with Gasteiger partial charge in [0.25, 0.3) is 0 Å². The number of thiol groups is 1. The normalized spacial score (nSPS) is 17.4. The molecule has 0 amide bonds. The zero-order valence-electron chi connectivity index (χ0n) is 12.7. The summed E-state index contributed by atoms with van der Waals surface area (Å²) in [4.78, 5) is 0. The quantitative estimate of drug-likeness (QED) is 0.841. The monoisotopic (exact) mass is 313 g/mol. The van der Waals surface area contributed by atoms with Gasteiger partial charge in [-0.25, -0.2) is 0 Å². The van der Waals surface area contributed by atoms with Crippen LogP contribution in [0.5, 0.6) is 5.75 Å². The lowest BCUT2D eigenvalue weighted by Crippen LogP contribution is -2.01. The lowest BCUT2D eigenvalue weighted by molar-refractivity contribution is 0.397. The summed E-state index contributed by atoms with van der Waals surface area (Å²) in [7, 11) is 1.67. The number of nitrogens with zero attached hydrogens (tertiary/aromatic N) is 1. The van der Waals surface area contributed by atoms with Crippen LogP contribution in [0.2, 0.25) is 0 Å². The summed E-state index contributed by atoms with van der Waals surface area (Å²) in [6.45, 7) is 1.97. The van der Waals surface area contributed by atoms with E-state index in [9.17, 15) is 0 Å². The van der Waals surface area contributed by atoms with E-state index in [4.69, 9.17) is 9.26 Å². The van der Waals surface area contributed by atoms with Gasteiger partial charge in [-0.2, -0.15) is 12.6 Å². The molecule has 0 radical (unpaired) electrons. The lowest BCUT2D eigenvalue weighted by atomic mass is 9.88. The summed E-state index contributed by atoms with van der Waals surface area (Å²) in [6, 6.07) is 7.92. The molecule has 3 rings (SSSR count). The fourth-order valence-corrected chi connectivity index (χ4v) is 3.00. The van der Waals surface area contributed by atoms with Crippen LogP contribution in [0, 0.1) is 6.92 Å². The molecule has 1 aliphatic carbocycles. The summed E-state index contributed by atoms with van der Waals surface area (Å²) < 4.78 is 10.7. The van der Waals surface area contributed by atoms with Crippen LogP contribution in [0.1, 0.15) is 23.7 Å². The zero-order chi connectivity index (χ0) is 15.5. The van der Waals surface area contributed by atoms with Crippen LogP contribution in [-0.2, 0) is 0 Å². The Morgan fingerprint density at radius 3 is 2.68 bits per heavy atom. The first-order chi connectivity index (χ1) is 10.7. The summed E-state index contributed by atoms with van der Waals surface area (Å²) in [5.41, 5.74) is 4.39. The van der Waals surface area contributed by atoms with Gasteiger partial charge < -0.3 is 9.26 Å². The van der Waals surface area contributed by atoms with Gasteiger partial charge in [-0.05, 0) is 43.2 Å². The van der Waals surface area contributed by atoms with Crippen LogP contribution in [0.25, 0.3) is 11.3 Å². The van der Waals surface area contributed by atoms with E-state index < -0.39 is 0 Å². The fraction of sp³-hybridized carbons (Fsp3) is 0.278. The third-order valence-electron chi connectivity index (χ3n) is 4.00. The molecule has 0 spiro atoms. The van der Waals surface area contributed by atoms with E-state index >= 15 is 0 Å². The average Bonchev–Trinajstić information content (AvgIpc) is 2.96. The Bertz CT molecular complexity index is 713. The number of benzene rings is 1. The molecule has 3 nitrogen and oxygen atoms in total. The molecule has 0 saturated carbocycles. The van der Waals surface area contributed by atoms with E-state index in [0.717, 1.165) is 40.5 Å². The molecule has 0 bridgehead atoms. The first-order valence-electron chi connectivity index (χ1n) is 7.31. The summed E-state index contributed by atoms with van der Waals surface area (Å²) in [5, 5.41) is 4.27. The minimum atomic E-state index is 0.298. The first-order valence-corrected chi connectivity index (χ1v) is 7.95. The predicted molar refractivity (Wildman–Crippen MR) is 91.7 cm³/mol. The number of ether oxygens (including phenoxy) is 1. The highest BCUT2D eigenvalue weighted by Crippen LogP contribution is 2.36. The molecule has 0 saturated heterocycles. The van der Waals surface area contributed by atoms with E-state index in [-0.39, 0.29) is 0 Å². The average molecular weight is 313 g/mol. The predicted octanol–water partition coefficient (Wildman–Crippen LogP) is 4.56. The van der Waals surface area contributed by atoms with Crippen LogP contribution in [-0.4, -0.2) is 18.0 Å². The van der Waals surface area contributed by atoms with Crippen LogP contribution >= 0.6 is 12.6 Å². The number of aryl methyl sites for hydroxylation is 1. The van der Waals surface area contributed by atoms with Gasteiger partial charge in [0.05, 0.1) is 7.11 Å². The van der Waals surface area contributed by atoms with Crippen molar-refractivity contribution < 1.29 is 9.26 Å². The van der Waals surface area contributed by atoms with Gasteiger partial charge >= 0.3 is 0 Å². The van der Waals surface area contributed by atoms with Crippen molar-refractivity contribution >= 4 is 12.6 Å². The first kappa shape index (κ1) is 15.0. The number of aromatic nitrogens is 1. The molecule has 114 valence electrons. The fourth-order valence-electron chi connectivity index (χ4n) is 2.77. The smallest absolute Gasteiger partial charge is 0.138 e. The summed E-state index contributed by atoms with van der Waals surface area (Å²) in [6.07, 6.45) is 7.56. The van der Waals surface area contributed by atoms with Gasteiger partial charge in [0, 0.05) is 22.8 Å². The Morgan fingerprint density at radius 2 is 2.09 bits per heavy atom. The molecule has 1 aromatic heterocycles. The Kier molecular flexibility index (Phi) is 4.39. The number of rotatable bonds is 4. The van der Waals surface area contributed by atoms with E-state index in [2.05, 4.69) is 36.0 Å². The third kappa shape index (κ3) is 2.83. The third-order valence-corrected chi connectivity index (χ3v) is 4.37. The minimum Gasteiger partial charge on any atom is -0.497 e. The van der Waals surface area contributed by atoms with Crippen LogP contribution < -0.4 is 4.74 Å². The second-order valence-corrected chi connectivity index (χ2v) is 5.68. The van der Waals surface area contributed by atoms with Crippen molar-refractivity contribution in [3.8, 4) is 17.0 Å². The van der Waals surface area contributed by atoms with Crippen LogP contribution in [0.15, 0.2) is 52.6 Å². The topological polar surface area (TPSA) is 35.3 Å². The second kappa shape index (κ2) is 6.44. The minimum absolute atomic E-state index is 0.298. The van der Waals surface area contributed by atoms with E-state index in [1.54, 1.807) is 7.11 Å². The van der Waals surface area contributed by atoms with Gasteiger partial charge in [0.1, 0.15) is 17.2 Å². The molecule has 1 aromatic carbocycles. The van der Waals surface area contributed by atoms with Crippen molar-refractivity contribution in [2.75, 3.05) is 12.9 Å². The maximum atomic E-state index is 5.46. The molecule has 1 heterocycles. The second-order valence-electron chi connectivity index (χ2n) is 5.37. The number of hydrogen-bond donors (Lipinski definition) is 1. The largest absolute Gasteiger partial charge is 0.497 e. The molecule has 4 heteroatoms. The highest BCUT2D eigenvalue weighted by molar-refractivity contribution is 7.80. The van der Waals surface area contributed by atoms with Crippen molar-refractivity contribution in [3.63, 3.8) is 0 Å². The highest BCUT2D eigenvalue weighted by Gasteiger charge is 2.22.